The van der Waals surface area contributed by atoms with Crippen LogP contribution in [0.15, 0.2) is 30.2 Å². The van der Waals surface area contributed by atoms with Gasteiger partial charge in [0.2, 0.25) is 0 Å². The molecule has 3 aromatic heterocycles. The fraction of sp³-hybridized carbons (Fsp3) is 0.167. The highest BCUT2D eigenvalue weighted by atomic mass is 32.1. The van der Waals surface area contributed by atoms with Crippen LogP contribution in [0.25, 0.3) is 5.52 Å². The molecule has 1 unspecified atom stereocenters. The van der Waals surface area contributed by atoms with E-state index in [1.807, 2.05) is 12.3 Å². The summed E-state index contributed by atoms with van der Waals surface area (Å²) in [6, 6.07) is -0.155. The molecule has 0 saturated carbocycles. The van der Waals surface area contributed by atoms with E-state index >= 15 is 0 Å². The summed E-state index contributed by atoms with van der Waals surface area (Å²) in [5.74, 6) is -0.265. The number of amides is 1. The van der Waals surface area contributed by atoms with E-state index in [1.54, 1.807) is 23.1 Å². The fourth-order valence-corrected chi connectivity index (χ4v) is 2.54. The maximum absolute atomic E-state index is 12.2. The Labute approximate surface area is 118 Å². The number of nitrogens with zero attached hydrogens (tertiary/aromatic N) is 4. The monoisotopic (exact) mass is 288 g/mol. The minimum atomic E-state index is -0.265. The Morgan fingerprint density at radius 3 is 3.10 bits per heavy atom. The van der Waals surface area contributed by atoms with Crippen molar-refractivity contribution in [2.75, 3.05) is 5.32 Å². The van der Waals surface area contributed by atoms with Gasteiger partial charge >= 0.3 is 0 Å². The first-order valence-corrected chi connectivity index (χ1v) is 6.83. The highest BCUT2D eigenvalue weighted by molar-refractivity contribution is 7.14. The predicted octanol–water partition coefficient (Wildman–Crippen LogP) is 1.46. The van der Waals surface area contributed by atoms with Crippen molar-refractivity contribution in [3.05, 3.63) is 41.4 Å². The summed E-state index contributed by atoms with van der Waals surface area (Å²) in [6.45, 7) is 1.84. The van der Waals surface area contributed by atoms with Crippen molar-refractivity contribution in [1.29, 1.82) is 0 Å². The van der Waals surface area contributed by atoms with Crippen molar-refractivity contribution in [3.8, 4) is 0 Å². The fourth-order valence-electron chi connectivity index (χ4n) is 1.73. The Balaban J connectivity index is 1.85. The molecule has 0 saturated heterocycles. The van der Waals surface area contributed by atoms with Crippen molar-refractivity contribution in [1.82, 2.24) is 19.6 Å². The second kappa shape index (κ2) is 4.99. The topological polar surface area (TPSA) is 98.2 Å². The molecule has 3 N–H and O–H groups in total. The summed E-state index contributed by atoms with van der Waals surface area (Å²) in [5, 5.41) is 9.19. The van der Waals surface area contributed by atoms with Crippen LogP contribution in [0.1, 0.15) is 29.0 Å². The number of fused-ring (bicyclic) bond motifs is 1. The van der Waals surface area contributed by atoms with Gasteiger partial charge in [0.05, 0.1) is 29.2 Å². The van der Waals surface area contributed by atoms with E-state index in [0.29, 0.717) is 16.2 Å². The van der Waals surface area contributed by atoms with Crippen molar-refractivity contribution >= 4 is 27.9 Å². The van der Waals surface area contributed by atoms with Crippen molar-refractivity contribution in [2.45, 2.75) is 13.0 Å². The lowest BCUT2D eigenvalue weighted by Crippen LogP contribution is -2.12. The van der Waals surface area contributed by atoms with Gasteiger partial charge in [-0.3, -0.25) is 15.1 Å². The van der Waals surface area contributed by atoms with E-state index in [-0.39, 0.29) is 11.9 Å². The maximum atomic E-state index is 12.2. The number of hydrogen-bond acceptors (Lipinski definition) is 6. The Morgan fingerprint density at radius 2 is 2.35 bits per heavy atom. The number of hydrogen-bond donors (Lipinski definition) is 2. The first kappa shape index (κ1) is 12.7. The molecular weight excluding hydrogens is 276 g/mol. The van der Waals surface area contributed by atoms with E-state index in [1.165, 1.54) is 17.5 Å². The molecule has 3 aromatic rings. The van der Waals surface area contributed by atoms with Crippen LogP contribution in [-0.4, -0.2) is 25.5 Å². The summed E-state index contributed by atoms with van der Waals surface area (Å²) in [6.07, 6.45) is 6.39. The Bertz CT molecular complexity index is 762. The first-order valence-electron chi connectivity index (χ1n) is 5.95. The Kier molecular flexibility index (Phi) is 3.17. The molecular formula is C12H12N6OS. The lowest BCUT2D eigenvalue weighted by Gasteiger charge is -2.00. The molecule has 0 aliphatic heterocycles. The van der Waals surface area contributed by atoms with E-state index < -0.39 is 0 Å². The van der Waals surface area contributed by atoms with E-state index in [9.17, 15) is 4.79 Å². The molecule has 0 fully saturated rings. The largest absolute Gasteiger partial charge is 0.323 e. The molecule has 0 spiro atoms. The van der Waals surface area contributed by atoms with Gasteiger partial charge in [-0.05, 0) is 6.92 Å². The zero-order chi connectivity index (χ0) is 14.1. The molecule has 1 amide bonds. The lowest BCUT2D eigenvalue weighted by molar-refractivity contribution is 0.102. The maximum Gasteiger partial charge on any atom is 0.261 e. The third kappa shape index (κ3) is 2.26. The molecule has 3 rings (SSSR count). The third-order valence-corrected chi connectivity index (χ3v) is 3.55. The van der Waals surface area contributed by atoms with E-state index in [0.717, 1.165) is 5.69 Å². The van der Waals surface area contributed by atoms with Crippen LogP contribution in [0.3, 0.4) is 0 Å². The van der Waals surface area contributed by atoms with Crippen LogP contribution in [0.5, 0.6) is 0 Å². The standard InChI is InChI=1S/C12H12N6OS/c1-7(13)9-6-20-12(16-9)17-11(19)8-4-15-18-3-2-14-5-10(8)18/h2-7H,13H2,1H3,(H,16,17,19). The van der Waals surface area contributed by atoms with Crippen molar-refractivity contribution in [3.63, 3.8) is 0 Å². The molecule has 0 radical (unpaired) electrons. The number of nitrogens with one attached hydrogen (secondary N) is 1. The average molecular weight is 288 g/mol. The Hall–Kier alpha value is -2.32. The zero-order valence-corrected chi connectivity index (χ0v) is 11.5. The SMILES string of the molecule is CC(N)c1csc(NC(=O)c2cnn3ccncc23)n1. The van der Waals surface area contributed by atoms with Gasteiger partial charge in [-0.15, -0.1) is 11.3 Å². The highest BCUT2D eigenvalue weighted by Crippen LogP contribution is 2.20. The van der Waals surface area contributed by atoms with Crippen LogP contribution in [-0.2, 0) is 0 Å². The van der Waals surface area contributed by atoms with E-state index in [2.05, 4.69) is 20.4 Å². The van der Waals surface area contributed by atoms with Gasteiger partial charge in [0, 0.05) is 23.8 Å². The predicted molar refractivity (Wildman–Crippen MR) is 75.7 cm³/mol. The van der Waals surface area contributed by atoms with Crippen LogP contribution in [0.4, 0.5) is 5.13 Å². The first-order chi connectivity index (χ1) is 9.65. The summed E-state index contributed by atoms with van der Waals surface area (Å²) in [7, 11) is 0. The second-order valence-corrected chi connectivity index (χ2v) is 5.14. The number of thiazole rings is 1. The van der Waals surface area contributed by atoms with Gasteiger partial charge in [-0.1, -0.05) is 0 Å². The zero-order valence-electron chi connectivity index (χ0n) is 10.6. The van der Waals surface area contributed by atoms with Crippen LogP contribution in [0.2, 0.25) is 0 Å². The Morgan fingerprint density at radius 1 is 1.50 bits per heavy atom. The summed E-state index contributed by atoms with van der Waals surface area (Å²) >= 11 is 1.34. The van der Waals surface area contributed by atoms with Gasteiger partial charge in [0.1, 0.15) is 0 Å². The highest BCUT2D eigenvalue weighted by Gasteiger charge is 2.15. The molecule has 8 heteroatoms. The lowest BCUT2D eigenvalue weighted by atomic mass is 10.3. The number of rotatable bonds is 3. The molecule has 0 aliphatic carbocycles. The minimum absolute atomic E-state index is 0.155. The smallest absolute Gasteiger partial charge is 0.261 e. The quantitative estimate of drug-likeness (QED) is 0.760. The van der Waals surface area contributed by atoms with Crippen LogP contribution < -0.4 is 11.1 Å². The molecule has 1 atom stereocenters. The summed E-state index contributed by atoms with van der Waals surface area (Å²) in [4.78, 5) is 20.5. The number of nitrogens with two attached hydrogens (primary N) is 1. The average Bonchev–Trinajstić information content (AvgIpc) is 3.04. The van der Waals surface area contributed by atoms with Crippen molar-refractivity contribution in [2.24, 2.45) is 5.73 Å². The van der Waals surface area contributed by atoms with Gasteiger partial charge in [-0.2, -0.15) is 5.10 Å². The molecule has 0 aromatic carbocycles. The van der Waals surface area contributed by atoms with Gasteiger partial charge in [0.15, 0.2) is 5.13 Å². The number of aromatic nitrogens is 4. The molecule has 0 bridgehead atoms. The molecule has 0 aliphatic rings. The van der Waals surface area contributed by atoms with Crippen LogP contribution in [0, 0.1) is 0 Å². The van der Waals surface area contributed by atoms with Gasteiger partial charge in [0.25, 0.3) is 5.91 Å². The number of carbonyl (C=O) groups excluding carboxylic acids is 1. The third-order valence-electron chi connectivity index (χ3n) is 2.78. The molecule has 20 heavy (non-hydrogen) atoms. The number of carbonyl (C=O) groups is 1. The minimum Gasteiger partial charge on any atom is -0.323 e. The molecule has 3 heterocycles. The molecule has 102 valence electrons. The molecule has 7 nitrogen and oxygen atoms in total. The number of anilines is 1. The van der Waals surface area contributed by atoms with Crippen molar-refractivity contribution < 1.29 is 4.79 Å². The second-order valence-electron chi connectivity index (χ2n) is 4.28. The van der Waals surface area contributed by atoms with Gasteiger partial charge in [-0.25, -0.2) is 9.50 Å². The summed E-state index contributed by atoms with van der Waals surface area (Å²) in [5.41, 5.74) is 7.59. The van der Waals surface area contributed by atoms with Gasteiger partial charge < -0.3 is 5.73 Å². The summed E-state index contributed by atoms with van der Waals surface area (Å²) < 4.78 is 1.59. The van der Waals surface area contributed by atoms with Crippen LogP contribution >= 0.6 is 11.3 Å². The van der Waals surface area contributed by atoms with E-state index in [4.69, 9.17) is 5.73 Å². The normalized spacial score (nSPS) is 12.5.